The van der Waals surface area contributed by atoms with Gasteiger partial charge in [-0.2, -0.15) is 0 Å². The molecule has 0 aliphatic carbocycles. The van der Waals surface area contributed by atoms with Crippen LogP contribution in [-0.2, 0) is 11.3 Å². The summed E-state index contributed by atoms with van der Waals surface area (Å²) in [7, 11) is 0. The summed E-state index contributed by atoms with van der Waals surface area (Å²) in [6, 6.07) is 0. The van der Waals surface area contributed by atoms with E-state index in [-0.39, 0.29) is 27.1 Å². The van der Waals surface area contributed by atoms with E-state index in [2.05, 4.69) is 5.32 Å². The van der Waals surface area contributed by atoms with Crippen LogP contribution < -0.4 is 5.32 Å². The summed E-state index contributed by atoms with van der Waals surface area (Å²) in [5, 5.41) is 21.1. The largest absolute Gasteiger partial charge is 0.478 e. The number of hydrogen-bond donors (Lipinski definition) is 3. The van der Waals surface area contributed by atoms with Crippen LogP contribution >= 0.6 is 67.8 Å². The molecule has 0 spiro atoms. The second kappa shape index (κ2) is 7.20. The summed E-state index contributed by atoms with van der Waals surface area (Å²) in [6.07, 6.45) is 0. The van der Waals surface area contributed by atoms with Crippen LogP contribution in [0.3, 0.4) is 0 Å². The average molecular weight is 615 g/mol. The van der Waals surface area contributed by atoms with Crippen LogP contribution in [0.15, 0.2) is 0 Å². The van der Waals surface area contributed by atoms with Gasteiger partial charge in [0.25, 0.3) is 0 Å². The Morgan fingerprint density at radius 2 is 1.35 bits per heavy atom. The summed E-state index contributed by atoms with van der Waals surface area (Å²) in [5.41, 5.74) is 0.394. The van der Waals surface area contributed by atoms with Gasteiger partial charge in [0.2, 0.25) is 5.91 Å². The van der Waals surface area contributed by atoms with Gasteiger partial charge in [-0.15, -0.1) is 0 Å². The first-order chi connectivity index (χ1) is 9.18. The summed E-state index contributed by atoms with van der Waals surface area (Å²) in [6.45, 7) is 1.42. The van der Waals surface area contributed by atoms with E-state index in [1.165, 1.54) is 6.92 Å². The molecule has 0 aliphatic heterocycles. The highest BCUT2D eigenvalue weighted by Crippen LogP contribution is 2.32. The third kappa shape index (κ3) is 3.72. The number of benzene rings is 1. The molecule has 6 nitrogen and oxygen atoms in total. The van der Waals surface area contributed by atoms with Gasteiger partial charge in [0.15, 0.2) is 0 Å². The minimum absolute atomic E-state index is 0.0515. The van der Waals surface area contributed by atoms with Crippen molar-refractivity contribution in [3.63, 3.8) is 0 Å². The molecule has 0 fully saturated rings. The van der Waals surface area contributed by atoms with E-state index in [0.29, 0.717) is 12.7 Å². The lowest BCUT2D eigenvalue weighted by atomic mass is 10.1. The highest BCUT2D eigenvalue weighted by molar-refractivity contribution is 14.1. The lowest BCUT2D eigenvalue weighted by molar-refractivity contribution is -0.119. The van der Waals surface area contributed by atoms with E-state index < -0.39 is 11.9 Å². The summed E-state index contributed by atoms with van der Waals surface area (Å²) < 4.78 is 1.05. The smallest absolute Gasteiger partial charge is 0.337 e. The van der Waals surface area contributed by atoms with Crippen LogP contribution in [0.5, 0.6) is 0 Å². The van der Waals surface area contributed by atoms with Crippen LogP contribution in [-0.4, -0.2) is 28.1 Å². The van der Waals surface area contributed by atoms with Crippen molar-refractivity contribution >= 4 is 85.6 Å². The number of nitrogens with one attached hydrogen (secondary N) is 1. The van der Waals surface area contributed by atoms with E-state index in [4.69, 9.17) is 0 Å². The molecule has 9 heteroatoms. The number of carboxylic acids is 2. The molecule has 0 heterocycles. The minimum atomic E-state index is -1.19. The Hall–Kier alpha value is -0.180. The predicted octanol–water partition coefficient (Wildman–Crippen LogP) is 2.53. The Balaban J connectivity index is 3.62. The van der Waals surface area contributed by atoms with Crippen LogP contribution in [0.2, 0.25) is 0 Å². The molecule has 1 aromatic rings. The van der Waals surface area contributed by atoms with Crippen LogP contribution in [0.1, 0.15) is 33.2 Å². The Bertz CT molecular complexity index is 574. The molecule has 0 saturated carbocycles. The molecule has 0 unspecified atom stereocenters. The average Bonchev–Trinajstić information content (AvgIpc) is 2.26. The van der Waals surface area contributed by atoms with Crippen molar-refractivity contribution in [1.82, 2.24) is 5.32 Å². The number of carbonyl (C=O) groups excluding carboxylic acids is 1. The Morgan fingerprint density at radius 1 is 0.950 bits per heavy atom. The molecule has 0 aromatic heterocycles. The SMILES string of the molecule is CC(=O)NCc1c(I)c(C(=O)O)c(I)c(C(=O)O)c1I. The highest BCUT2D eigenvalue weighted by atomic mass is 127. The zero-order chi connectivity index (χ0) is 15.6. The number of carboxylic acid groups (broad SMARTS) is 2. The standard InChI is InChI=1S/C11H8I3NO5/c1-3(16)15-2-4-7(12)5(10(17)18)9(14)6(8(4)13)11(19)20/h2H2,1H3,(H,15,16)(H,17,18)(H,19,20). The van der Waals surface area contributed by atoms with Crippen molar-refractivity contribution in [1.29, 1.82) is 0 Å². The number of aromatic carboxylic acids is 2. The van der Waals surface area contributed by atoms with Gasteiger partial charge in [-0.1, -0.05) is 0 Å². The van der Waals surface area contributed by atoms with E-state index in [9.17, 15) is 24.6 Å². The lowest BCUT2D eigenvalue weighted by Gasteiger charge is -2.15. The second-order valence-electron chi connectivity index (χ2n) is 3.69. The first kappa shape index (κ1) is 17.9. The highest BCUT2D eigenvalue weighted by Gasteiger charge is 2.27. The van der Waals surface area contributed by atoms with Crippen LogP contribution in [0, 0.1) is 10.7 Å². The van der Waals surface area contributed by atoms with Gasteiger partial charge >= 0.3 is 11.9 Å². The molecule has 1 rings (SSSR count). The normalized spacial score (nSPS) is 10.2. The lowest BCUT2D eigenvalue weighted by Crippen LogP contribution is -2.23. The van der Waals surface area contributed by atoms with Crippen LogP contribution in [0.4, 0.5) is 0 Å². The first-order valence-corrected chi connectivity index (χ1v) is 8.32. The number of hydrogen-bond acceptors (Lipinski definition) is 3. The van der Waals surface area contributed by atoms with E-state index in [1.807, 2.05) is 45.2 Å². The van der Waals surface area contributed by atoms with Gasteiger partial charge in [-0.3, -0.25) is 4.79 Å². The zero-order valence-electron chi connectivity index (χ0n) is 9.96. The van der Waals surface area contributed by atoms with Gasteiger partial charge in [0, 0.05) is 24.2 Å². The fourth-order valence-corrected chi connectivity index (χ4v) is 5.93. The quantitative estimate of drug-likeness (QED) is 0.453. The van der Waals surface area contributed by atoms with Gasteiger partial charge in [-0.25, -0.2) is 9.59 Å². The summed E-state index contributed by atoms with van der Waals surface area (Å²) in [5.74, 6) is -2.66. The molecule has 0 atom stereocenters. The fourth-order valence-electron chi connectivity index (χ4n) is 1.46. The van der Waals surface area contributed by atoms with Crippen molar-refractivity contribution in [3.05, 3.63) is 27.4 Å². The van der Waals surface area contributed by atoms with Crippen molar-refractivity contribution < 1.29 is 24.6 Å². The molecule has 3 N–H and O–H groups in total. The second-order valence-corrected chi connectivity index (χ2v) is 6.93. The fraction of sp³-hybridized carbons (Fsp3) is 0.182. The van der Waals surface area contributed by atoms with E-state index in [0.717, 1.165) is 0 Å². The summed E-state index contributed by atoms with van der Waals surface area (Å²) >= 11 is 5.44. The van der Waals surface area contributed by atoms with Gasteiger partial charge in [0.1, 0.15) is 0 Å². The Kier molecular flexibility index (Phi) is 6.43. The van der Waals surface area contributed by atoms with Crippen molar-refractivity contribution in [2.75, 3.05) is 0 Å². The molecule has 1 amide bonds. The molecule has 1 aromatic carbocycles. The molecule has 108 valence electrons. The molecule has 0 aliphatic rings. The van der Waals surface area contributed by atoms with Gasteiger partial charge < -0.3 is 15.5 Å². The maximum Gasteiger partial charge on any atom is 0.337 e. The van der Waals surface area contributed by atoms with Crippen LogP contribution in [0.25, 0.3) is 0 Å². The third-order valence-electron chi connectivity index (χ3n) is 2.35. The van der Waals surface area contributed by atoms with E-state index >= 15 is 0 Å². The molecule has 0 saturated heterocycles. The maximum absolute atomic E-state index is 11.3. The minimum Gasteiger partial charge on any atom is -0.478 e. The molecular formula is C11H8I3NO5. The Labute approximate surface area is 155 Å². The topological polar surface area (TPSA) is 104 Å². The van der Waals surface area contributed by atoms with Crippen molar-refractivity contribution in [2.45, 2.75) is 13.5 Å². The molecule has 0 bridgehead atoms. The van der Waals surface area contributed by atoms with Gasteiger partial charge in [0.05, 0.1) is 11.1 Å². The maximum atomic E-state index is 11.3. The Morgan fingerprint density at radius 3 is 1.65 bits per heavy atom. The number of halogens is 3. The third-order valence-corrected chi connectivity index (χ3v) is 5.81. The number of rotatable bonds is 4. The predicted molar refractivity (Wildman–Crippen MR) is 96.0 cm³/mol. The zero-order valence-corrected chi connectivity index (χ0v) is 16.4. The molecule has 0 radical (unpaired) electrons. The van der Waals surface area contributed by atoms with E-state index in [1.54, 1.807) is 22.6 Å². The van der Waals surface area contributed by atoms with Gasteiger partial charge in [-0.05, 0) is 73.3 Å². The first-order valence-electron chi connectivity index (χ1n) is 5.08. The van der Waals surface area contributed by atoms with Crippen molar-refractivity contribution in [2.24, 2.45) is 0 Å². The number of amides is 1. The van der Waals surface area contributed by atoms with Crippen molar-refractivity contribution in [3.8, 4) is 0 Å². The number of carbonyl (C=O) groups is 3. The summed E-state index contributed by atoms with van der Waals surface area (Å²) in [4.78, 5) is 33.6. The molecular weight excluding hydrogens is 607 g/mol. The molecule has 20 heavy (non-hydrogen) atoms. The monoisotopic (exact) mass is 615 g/mol.